The number of nitrogens with zero attached hydrogens (tertiary/aromatic N) is 1. The summed E-state index contributed by atoms with van der Waals surface area (Å²) >= 11 is 0. The Balaban J connectivity index is 1.44. The maximum Gasteiger partial charge on any atom is 0.260 e. The van der Waals surface area contributed by atoms with Gasteiger partial charge in [-0.25, -0.2) is 0 Å². The van der Waals surface area contributed by atoms with Crippen molar-refractivity contribution in [3.05, 3.63) is 59.7 Å². The minimum Gasteiger partial charge on any atom is -0.484 e. The molecule has 3 amide bonds. The Labute approximate surface area is 176 Å². The zero-order chi connectivity index (χ0) is 21.5. The average molecular weight is 409 g/mol. The summed E-state index contributed by atoms with van der Waals surface area (Å²) in [6, 6.07) is 14.4. The van der Waals surface area contributed by atoms with Crippen LogP contribution in [0.25, 0.3) is 0 Å². The topological polar surface area (TPSA) is 87.7 Å². The van der Waals surface area contributed by atoms with Gasteiger partial charge in [-0.2, -0.15) is 0 Å². The largest absolute Gasteiger partial charge is 0.484 e. The Kier molecular flexibility index (Phi) is 7.06. The van der Waals surface area contributed by atoms with Crippen LogP contribution in [0.4, 0.5) is 5.69 Å². The third-order valence-corrected chi connectivity index (χ3v) is 5.01. The Bertz CT molecular complexity index is 903. The number of piperidine rings is 1. The lowest BCUT2D eigenvalue weighted by Crippen LogP contribution is -2.47. The number of carbonyl (C=O) groups excluding carboxylic acids is 3. The van der Waals surface area contributed by atoms with E-state index in [2.05, 4.69) is 10.6 Å². The van der Waals surface area contributed by atoms with Gasteiger partial charge in [0.15, 0.2) is 6.61 Å². The predicted molar refractivity (Wildman–Crippen MR) is 114 cm³/mol. The average Bonchev–Trinajstić information content (AvgIpc) is 2.73. The number of carbonyl (C=O) groups is 3. The molecule has 0 saturated carbocycles. The molecule has 0 radical (unpaired) electrons. The Morgan fingerprint density at radius 2 is 1.77 bits per heavy atom. The Hall–Kier alpha value is -3.35. The SMILES string of the molecule is CC(=O)Nc1cccc(C(=O)NC2CCN(C(=O)COc3ccc(C)cc3)CC2)c1. The van der Waals surface area contributed by atoms with Gasteiger partial charge in [0.25, 0.3) is 11.8 Å². The first-order chi connectivity index (χ1) is 14.4. The molecule has 2 N–H and O–H groups in total. The highest BCUT2D eigenvalue weighted by Gasteiger charge is 2.24. The van der Waals surface area contributed by atoms with E-state index in [4.69, 9.17) is 4.74 Å². The van der Waals surface area contributed by atoms with Gasteiger partial charge in [0.05, 0.1) is 0 Å². The monoisotopic (exact) mass is 409 g/mol. The molecule has 2 aromatic carbocycles. The van der Waals surface area contributed by atoms with Gasteiger partial charge in [0, 0.05) is 37.3 Å². The number of likely N-dealkylation sites (tertiary alicyclic amines) is 1. The van der Waals surface area contributed by atoms with E-state index in [1.54, 1.807) is 29.2 Å². The molecule has 7 nitrogen and oxygen atoms in total. The standard InChI is InChI=1S/C23H27N3O4/c1-16-6-8-21(9-7-16)30-15-22(28)26-12-10-19(11-13-26)25-23(29)18-4-3-5-20(14-18)24-17(2)27/h3-9,14,19H,10-13,15H2,1-2H3,(H,24,27)(H,25,29). The molecule has 0 bridgehead atoms. The molecule has 1 fully saturated rings. The fraction of sp³-hybridized carbons (Fsp3) is 0.348. The van der Waals surface area contributed by atoms with E-state index >= 15 is 0 Å². The lowest BCUT2D eigenvalue weighted by atomic mass is 10.0. The molecule has 1 aliphatic heterocycles. The molecule has 7 heteroatoms. The smallest absolute Gasteiger partial charge is 0.260 e. The first-order valence-electron chi connectivity index (χ1n) is 10.1. The minimum absolute atomic E-state index is 0.00369. The lowest BCUT2D eigenvalue weighted by Gasteiger charge is -2.32. The van der Waals surface area contributed by atoms with Crippen LogP contribution in [0.15, 0.2) is 48.5 Å². The zero-order valence-corrected chi connectivity index (χ0v) is 17.3. The minimum atomic E-state index is -0.185. The van der Waals surface area contributed by atoms with Gasteiger partial charge in [0.1, 0.15) is 5.75 Å². The number of amides is 3. The summed E-state index contributed by atoms with van der Waals surface area (Å²) in [6.07, 6.45) is 1.38. The molecule has 1 heterocycles. The normalized spacial score (nSPS) is 14.1. The first kappa shape index (κ1) is 21.4. The highest BCUT2D eigenvalue weighted by atomic mass is 16.5. The summed E-state index contributed by atoms with van der Waals surface area (Å²) in [5.41, 5.74) is 2.22. The van der Waals surface area contributed by atoms with Crippen LogP contribution in [-0.4, -0.2) is 48.4 Å². The van der Waals surface area contributed by atoms with Crippen molar-refractivity contribution >= 4 is 23.4 Å². The Morgan fingerprint density at radius 3 is 2.43 bits per heavy atom. The quantitative estimate of drug-likeness (QED) is 0.768. The number of hydrogen-bond donors (Lipinski definition) is 2. The second kappa shape index (κ2) is 9.91. The molecule has 2 aromatic rings. The maximum absolute atomic E-state index is 12.5. The summed E-state index contributed by atoms with van der Waals surface area (Å²) in [4.78, 5) is 37.9. The molecule has 0 atom stereocenters. The molecule has 1 saturated heterocycles. The number of ether oxygens (including phenoxy) is 1. The van der Waals surface area contributed by atoms with Gasteiger partial charge in [-0.05, 0) is 50.1 Å². The number of anilines is 1. The van der Waals surface area contributed by atoms with Crippen molar-refractivity contribution in [2.45, 2.75) is 32.7 Å². The molecule has 3 rings (SSSR count). The van der Waals surface area contributed by atoms with E-state index in [0.717, 1.165) is 5.56 Å². The highest BCUT2D eigenvalue weighted by molar-refractivity contribution is 5.97. The van der Waals surface area contributed by atoms with Crippen molar-refractivity contribution in [2.24, 2.45) is 0 Å². The molecule has 0 unspecified atom stereocenters. The van der Waals surface area contributed by atoms with Crippen LogP contribution in [-0.2, 0) is 9.59 Å². The van der Waals surface area contributed by atoms with Crippen LogP contribution in [0.3, 0.4) is 0 Å². The van der Waals surface area contributed by atoms with Gasteiger partial charge >= 0.3 is 0 Å². The second-order valence-corrected chi connectivity index (χ2v) is 7.49. The highest BCUT2D eigenvalue weighted by Crippen LogP contribution is 2.15. The summed E-state index contributed by atoms with van der Waals surface area (Å²) in [6.45, 7) is 4.58. The number of aryl methyl sites for hydroxylation is 1. The van der Waals surface area contributed by atoms with Crippen molar-refractivity contribution in [3.63, 3.8) is 0 Å². The molecule has 158 valence electrons. The molecule has 0 spiro atoms. The number of hydrogen-bond acceptors (Lipinski definition) is 4. The van der Waals surface area contributed by atoms with Crippen LogP contribution in [0.1, 0.15) is 35.7 Å². The van der Waals surface area contributed by atoms with Gasteiger partial charge in [-0.15, -0.1) is 0 Å². The Morgan fingerprint density at radius 1 is 1.07 bits per heavy atom. The van der Waals surface area contributed by atoms with Gasteiger partial charge in [0.2, 0.25) is 5.91 Å². The van der Waals surface area contributed by atoms with Gasteiger partial charge in [-0.1, -0.05) is 23.8 Å². The summed E-state index contributed by atoms with van der Waals surface area (Å²) < 4.78 is 5.57. The van der Waals surface area contributed by atoms with E-state index in [1.807, 2.05) is 31.2 Å². The molecule has 0 aliphatic carbocycles. The van der Waals surface area contributed by atoms with Crippen LogP contribution >= 0.6 is 0 Å². The number of benzene rings is 2. The van der Waals surface area contributed by atoms with Crippen LogP contribution < -0.4 is 15.4 Å². The van der Waals surface area contributed by atoms with Crippen molar-refractivity contribution in [1.82, 2.24) is 10.2 Å². The van der Waals surface area contributed by atoms with Crippen LogP contribution in [0.2, 0.25) is 0 Å². The van der Waals surface area contributed by atoms with Crippen molar-refractivity contribution < 1.29 is 19.1 Å². The third kappa shape index (κ3) is 6.07. The number of nitrogens with one attached hydrogen (secondary N) is 2. The van der Waals surface area contributed by atoms with Crippen LogP contribution in [0, 0.1) is 6.92 Å². The lowest BCUT2D eigenvalue weighted by molar-refractivity contribution is -0.134. The predicted octanol–water partition coefficient (Wildman–Crippen LogP) is 2.75. The molecule has 0 aromatic heterocycles. The number of rotatable bonds is 6. The van der Waals surface area contributed by atoms with Crippen molar-refractivity contribution in [3.8, 4) is 5.75 Å². The van der Waals surface area contributed by atoms with Crippen molar-refractivity contribution in [1.29, 1.82) is 0 Å². The summed E-state index contributed by atoms with van der Waals surface area (Å²) in [7, 11) is 0. The van der Waals surface area contributed by atoms with E-state index in [9.17, 15) is 14.4 Å². The second-order valence-electron chi connectivity index (χ2n) is 7.49. The first-order valence-corrected chi connectivity index (χ1v) is 10.1. The van der Waals surface area contributed by atoms with Crippen LogP contribution in [0.5, 0.6) is 5.75 Å². The maximum atomic E-state index is 12.5. The van der Waals surface area contributed by atoms with E-state index in [-0.39, 0.29) is 30.4 Å². The fourth-order valence-corrected chi connectivity index (χ4v) is 3.35. The van der Waals surface area contributed by atoms with E-state index < -0.39 is 0 Å². The van der Waals surface area contributed by atoms with Gasteiger partial charge in [-0.3, -0.25) is 14.4 Å². The fourth-order valence-electron chi connectivity index (χ4n) is 3.35. The summed E-state index contributed by atoms with van der Waals surface area (Å²) in [5, 5.41) is 5.69. The van der Waals surface area contributed by atoms with E-state index in [0.29, 0.717) is 42.9 Å². The molecule has 1 aliphatic rings. The van der Waals surface area contributed by atoms with Crippen molar-refractivity contribution in [2.75, 3.05) is 25.0 Å². The third-order valence-electron chi connectivity index (χ3n) is 5.01. The zero-order valence-electron chi connectivity index (χ0n) is 17.3. The molecular formula is C23H27N3O4. The van der Waals surface area contributed by atoms with Gasteiger partial charge < -0.3 is 20.3 Å². The molecular weight excluding hydrogens is 382 g/mol. The van der Waals surface area contributed by atoms with E-state index in [1.165, 1.54) is 6.92 Å². The molecule has 30 heavy (non-hydrogen) atoms. The summed E-state index contributed by atoms with van der Waals surface area (Å²) in [5.74, 6) is 0.256.